The molecule has 1 aromatic rings. The molecule has 0 aliphatic heterocycles. The molecule has 0 heterocycles. The van der Waals surface area contributed by atoms with Crippen LogP contribution >= 0.6 is 0 Å². The van der Waals surface area contributed by atoms with Crippen LogP contribution in [-0.2, 0) is 6.42 Å². The molecule has 4 saturated carbocycles. The Morgan fingerprint density at radius 3 is 2.00 bits per heavy atom. The lowest BCUT2D eigenvalue weighted by molar-refractivity contribution is -0.114. The predicted molar refractivity (Wildman–Crippen MR) is 176 cm³/mol. The molecule has 0 amide bonds. The standard InChI is InChI=1S/C27H48.C8H10.2C2H6/c1-19(2)9-8-10-20(3)23-14-15-24-22-13-12-21-11-6-7-17-26(21,4)25(22)16-18-27(23,24)5;1-2-8-6-4-3-5-7-8;2*1-2/h19-25H,6-18H2,1-5H3;3-7H,2H2,1H3;2*1-2H3. The van der Waals surface area contributed by atoms with Crippen molar-refractivity contribution in [1.29, 1.82) is 0 Å². The molecule has 0 saturated heterocycles. The summed E-state index contributed by atoms with van der Waals surface area (Å²) in [5, 5.41) is 0. The van der Waals surface area contributed by atoms with Crippen LogP contribution in [0.4, 0.5) is 0 Å². The fourth-order valence-corrected chi connectivity index (χ4v) is 10.0. The van der Waals surface area contributed by atoms with Crippen molar-refractivity contribution >= 4 is 0 Å². The molecule has 4 aliphatic rings. The van der Waals surface area contributed by atoms with E-state index in [-0.39, 0.29) is 0 Å². The molecule has 0 N–H and O–H groups in total. The lowest BCUT2D eigenvalue weighted by Gasteiger charge is -2.61. The molecule has 0 aromatic heterocycles. The molecule has 0 spiro atoms. The Morgan fingerprint density at radius 2 is 1.38 bits per heavy atom. The van der Waals surface area contributed by atoms with E-state index in [9.17, 15) is 0 Å². The van der Waals surface area contributed by atoms with Gasteiger partial charge in [-0.3, -0.25) is 0 Å². The summed E-state index contributed by atoms with van der Waals surface area (Å²) in [6.07, 6.45) is 21.1. The van der Waals surface area contributed by atoms with Crippen LogP contribution in [0.3, 0.4) is 0 Å². The van der Waals surface area contributed by atoms with Crippen molar-refractivity contribution in [2.24, 2.45) is 52.3 Å². The number of aryl methyl sites for hydroxylation is 1. The second kappa shape index (κ2) is 16.6. The highest BCUT2D eigenvalue weighted by atomic mass is 14.6. The van der Waals surface area contributed by atoms with Crippen LogP contribution in [-0.4, -0.2) is 0 Å². The van der Waals surface area contributed by atoms with Gasteiger partial charge in [0.25, 0.3) is 0 Å². The summed E-state index contributed by atoms with van der Waals surface area (Å²) in [7, 11) is 0. The van der Waals surface area contributed by atoms with Gasteiger partial charge in [-0.15, -0.1) is 0 Å². The van der Waals surface area contributed by atoms with Gasteiger partial charge in [0.15, 0.2) is 0 Å². The summed E-state index contributed by atoms with van der Waals surface area (Å²) >= 11 is 0. The average Bonchev–Trinajstić information content (AvgIpc) is 3.33. The number of hydrogen-bond acceptors (Lipinski definition) is 0. The van der Waals surface area contributed by atoms with E-state index in [0.29, 0.717) is 10.8 Å². The lowest BCUT2D eigenvalue weighted by Crippen LogP contribution is -2.53. The molecule has 5 rings (SSSR count). The molecule has 39 heavy (non-hydrogen) atoms. The molecule has 4 aliphatic carbocycles. The summed E-state index contributed by atoms with van der Waals surface area (Å²) in [5.41, 5.74) is 2.80. The first-order chi connectivity index (χ1) is 18.8. The minimum atomic E-state index is 0.677. The number of rotatable bonds is 6. The summed E-state index contributed by atoms with van der Waals surface area (Å²) in [6.45, 7) is 23.0. The molecular formula is C39H70. The van der Waals surface area contributed by atoms with Gasteiger partial charge in [0, 0.05) is 0 Å². The largest absolute Gasteiger partial charge is 0.0683 e. The summed E-state index contributed by atoms with van der Waals surface area (Å²) < 4.78 is 0. The van der Waals surface area contributed by atoms with Crippen molar-refractivity contribution in [2.75, 3.05) is 0 Å². The molecule has 8 atom stereocenters. The first-order valence-corrected chi connectivity index (χ1v) is 17.8. The Bertz CT molecular complexity index is 764. The van der Waals surface area contributed by atoms with E-state index in [4.69, 9.17) is 0 Å². The maximum absolute atomic E-state index is 2.75. The van der Waals surface area contributed by atoms with E-state index in [0.717, 1.165) is 47.8 Å². The van der Waals surface area contributed by atoms with Crippen molar-refractivity contribution in [2.45, 2.75) is 159 Å². The van der Waals surface area contributed by atoms with Crippen LogP contribution in [0.25, 0.3) is 0 Å². The molecule has 1 aromatic carbocycles. The van der Waals surface area contributed by atoms with Crippen LogP contribution in [0.1, 0.15) is 158 Å². The van der Waals surface area contributed by atoms with Gasteiger partial charge in [-0.05, 0) is 116 Å². The van der Waals surface area contributed by atoms with E-state index >= 15 is 0 Å². The van der Waals surface area contributed by atoms with Gasteiger partial charge in [0.1, 0.15) is 0 Å². The van der Waals surface area contributed by atoms with Crippen LogP contribution in [0.15, 0.2) is 30.3 Å². The maximum atomic E-state index is 2.75. The summed E-state index contributed by atoms with van der Waals surface area (Å²) in [4.78, 5) is 0. The van der Waals surface area contributed by atoms with Crippen molar-refractivity contribution in [3.05, 3.63) is 35.9 Å². The lowest BCUT2D eigenvalue weighted by atomic mass is 9.44. The fourth-order valence-electron chi connectivity index (χ4n) is 10.0. The highest BCUT2D eigenvalue weighted by Crippen LogP contribution is 2.68. The maximum Gasteiger partial charge on any atom is -0.0264 e. The SMILES string of the molecule is CC.CC.CC(C)CCCC(C)C1CCC2C3CCC4CCCCC4(C)C3CCC12C.CCc1ccccc1. The Morgan fingerprint density at radius 1 is 0.718 bits per heavy atom. The predicted octanol–water partition coefficient (Wildman–Crippen LogP) is 12.8. The first kappa shape index (κ1) is 34.4. The summed E-state index contributed by atoms with van der Waals surface area (Å²) in [5.74, 6) is 7.15. The minimum absolute atomic E-state index is 0.677. The smallest absolute Gasteiger partial charge is 0.0264 e. The van der Waals surface area contributed by atoms with Crippen LogP contribution < -0.4 is 0 Å². The quantitative estimate of drug-likeness (QED) is 0.338. The molecular weight excluding hydrogens is 468 g/mol. The number of benzene rings is 1. The van der Waals surface area contributed by atoms with E-state index in [1.54, 1.807) is 51.4 Å². The van der Waals surface area contributed by atoms with Crippen LogP contribution in [0, 0.1) is 52.3 Å². The first-order valence-electron chi connectivity index (χ1n) is 17.8. The number of hydrogen-bond donors (Lipinski definition) is 0. The topological polar surface area (TPSA) is 0 Å². The van der Waals surface area contributed by atoms with Gasteiger partial charge in [-0.25, -0.2) is 0 Å². The molecule has 0 bridgehead atoms. The molecule has 0 heteroatoms. The van der Waals surface area contributed by atoms with E-state index in [1.807, 2.05) is 33.8 Å². The zero-order valence-corrected chi connectivity index (χ0v) is 28.3. The second-order valence-corrected chi connectivity index (χ2v) is 14.3. The average molecular weight is 539 g/mol. The zero-order valence-electron chi connectivity index (χ0n) is 28.3. The molecule has 0 nitrogen and oxygen atoms in total. The van der Waals surface area contributed by atoms with E-state index in [2.05, 4.69) is 65.8 Å². The van der Waals surface area contributed by atoms with Gasteiger partial charge in [-0.1, -0.05) is 132 Å². The van der Waals surface area contributed by atoms with Gasteiger partial charge in [0.05, 0.1) is 0 Å². The van der Waals surface area contributed by atoms with Crippen molar-refractivity contribution < 1.29 is 0 Å². The van der Waals surface area contributed by atoms with Crippen LogP contribution in [0.2, 0.25) is 0 Å². The van der Waals surface area contributed by atoms with Gasteiger partial charge in [0.2, 0.25) is 0 Å². The third-order valence-corrected chi connectivity index (χ3v) is 12.0. The normalized spacial score (nSPS) is 35.4. The van der Waals surface area contributed by atoms with E-state index in [1.165, 1.54) is 37.7 Å². The molecule has 0 radical (unpaired) electrons. The highest BCUT2D eigenvalue weighted by molar-refractivity contribution is 5.14. The Balaban J connectivity index is 0.000000375. The molecule has 226 valence electrons. The summed E-state index contributed by atoms with van der Waals surface area (Å²) in [6, 6.07) is 10.5. The molecule has 8 unspecified atom stereocenters. The molecule has 4 fully saturated rings. The third kappa shape index (κ3) is 8.16. The fraction of sp³-hybridized carbons (Fsp3) is 0.846. The zero-order chi connectivity index (χ0) is 29.1. The van der Waals surface area contributed by atoms with Crippen molar-refractivity contribution in [1.82, 2.24) is 0 Å². The van der Waals surface area contributed by atoms with Gasteiger partial charge >= 0.3 is 0 Å². The van der Waals surface area contributed by atoms with Gasteiger partial charge in [-0.2, -0.15) is 0 Å². The van der Waals surface area contributed by atoms with Gasteiger partial charge < -0.3 is 0 Å². The Hall–Kier alpha value is -0.780. The highest BCUT2D eigenvalue weighted by Gasteiger charge is 2.60. The Kier molecular flexibility index (Phi) is 14.7. The van der Waals surface area contributed by atoms with Crippen LogP contribution in [0.5, 0.6) is 0 Å². The monoisotopic (exact) mass is 539 g/mol. The minimum Gasteiger partial charge on any atom is -0.0683 e. The second-order valence-electron chi connectivity index (χ2n) is 14.3. The third-order valence-electron chi connectivity index (χ3n) is 12.0. The number of fused-ring (bicyclic) bond motifs is 5. The van der Waals surface area contributed by atoms with Crippen molar-refractivity contribution in [3.63, 3.8) is 0 Å². The Labute approximate surface area is 246 Å². The van der Waals surface area contributed by atoms with Crippen molar-refractivity contribution in [3.8, 4) is 0 Å². The van der Waals surface area contributed by atoms with E-state index < -0.39 is 0 Å².